The zero-order chi connectivity index (χ0) is 7.44. The molecule has 0 saturated carbocycles. The van der Waals surface area contributed by atoms with Gasteiger partial charge in [0.15, 0.2) is 0 Å². The highest BCUT2D eigenvalue weighted by atomic mass is 15.1. The minimum atomic E-state index is 0.481. The first-order valence-corrected chi connectivity index (χ1v) is 3.37. The first kappa shape index (κ1) is 8.47. The third-order valence-electron chi connectivity index (χ3n) is 1.33. The molecular weight excluding hydrogens is 112 g/mol. The Balaban J connectivity index is 4.01. The van der Waals surface area contributed by atoms with E-state index in [-0.39, 0.29) is 0 Å². The topological polar surface area (TPSA) is 38.4 Å². The van der Waals surface area contributed by atoms with Crippen molar-refractivity contribution in [2.75, 3.05) is 0 Å². The molecule has 0 aliphatic heterocycles. The number of hydrogen-bond acceptors (Lipinski definition) is 2. The summed E-state index contributed by atoms with van der Waals surface area (Å²) in [6.07, 6.45) is 0. The van der Waals surface area contributed by atoms with E-state index in [0.29, 0.717) is 11.8 Å². The fourth-order valence-corrected chi connectivity index (χ4v) is 0.965. The third kappa shape index (κ3) is 2.49. The second-order valence-corrected chi connectivity index (χ2v) is 2.86. The largest absolute Gasteiger partial charge is 0.323 e. The molecule has 0 unspecified atom stereocenters. The van der Waals surface area contributed by atoms with E-state index in [0.717, 1.165) is 5.71 Å². The van der Waals surface area contributed by atoms with Crippen LogP contribution in [0, 0.1) is 11.8 Å². The molecule has 2 nitrogen and oxygen atoms in total. The number of nitrogens with zero attached hydrogens (tertiary/aromatic N) is 1. The fourth-order valence-electron chi connectivity index (χ4n) is 0.965. The minimum absolute atomic E-state index is 0.481. The number of rotatable bonds is 2. The molecule has 0 aliphatic rings. The van der Waals surface area contributed by atoms with Crippen LogP contribution in [0.3, 0.4) is 0 Å². The standard InChI is InChI=1S/C7H16N2/c1-5(2)7(9-8)6(3)4/h5-6H,8H2,1-4H3. The van der Waals surface area contributed by atoms with Crippen LogP contribution in [0.15, 0.2) is 5.10 Å². The van der Waals surface area contributed by atoms with Crippen molar-refractivity contribution >= 4 is 5.71 Å². The molecule has 0 fully saturated rings. The van der Waals surface area contributed by atoms with Crippen LogP contribution in [0.4, 0.5) is 0 Å². The Kier molecular flexibility index (Phi) is 3.28. The van der Waals surface area contributed by atoms with Gasteiger partial charge in [-0.3, -0.25) is 0 Å². The number of nitrogens with two attached hydrogens (primary N) is 1. The third-order valence-corrected chi connectivity index (χ3v) is 1.33. The monoisotopic (exact) mass is 128 g/mol. The molecule has 0 aromatic carbocycles. The second-order valence-electron chi connectivity index (χ2n) is 2.86. The van der Waals surface area contributed by atoms with Gasteiger partial charge in [-0.15, -0.1) is 0 Å². The molecule has 0 amide bonds. The molecule has 2 heteroatoms. The molecule has 0 aromatic heterocycles. The molecule has 0 atom stereocenters. The smallest absolute Gasteiger partial charge is 0.0426 e. The SMILES string of the molecule is CC(C)C(=NN)C(C)C. The summed E-state index contributed by atoms with van der Waals surface area (Å²) >= 11 is 0. The van der Waals surface area contributed by atoms with E-state index in [1.165, 1.54) is 0 Å². The summed E-state index contributed by atoms with van der Waals surface area (Å²) in [5.74, 6) is 6.13. The van der Waals surface area contributed by atoms with Crippen molar-refractivity contribution in [1.82, 2.24) is 0 Å². The maximum absolute atomic E-state index is 5.16. The van der Waals surface area contributed by atoms with Gasteiger partial charge in [-0.2, -0.15) is 5.10 Å². The van der Waals surface area contributed by atoms with Crippen LogP contribution < -0.4 is 5.84 Å². The van der Waals surface area contributed by atoms with E-state index < -0.39 is 0 Å². The lowest BCUT2D eigenvalue weighted by atomic mass is 9.98. The van der Waals surface area contributed by atoms with Crippen molar-refractivity contribution in [3.63, 3.8) is 0 Å². The summed E-state index contributed by atoms with van der Waals surface area (Å²) < 4.78 is 0. The van der Waals surface area contributed by atoms with Crippen molar-refractivity contribution < 1.29 is 0 Å². The van der Waals surface area contributed by atoms with E-state index in [9.17, 15) is 0 Å². The van der Waals surface area contributed by atoms with Gasteiger partial charge in [-0.05, 0) is 11.8 Å². The summed E-state index contributed by atoms with van der Waals surface area (Å²) in [4.78, 5) is 0. The van der Waals surface area contributed by atoms with Crippen LogP contribution >= 0.6 is 0 Å². The van der Waals surface area contributed by atoms with Gasteiger partial charge in [0.05, 0.1) is 0 Å². The van der Waals surface area contributed by atoms with E-state index in [1.54, 1.807) is 0 Å². The highest BCUT2D eigenvalue weighted by molar-refractivity contribution is 5.87. The molecule has 0 heterocycles. The van der Waals surface area contributed by atoms with Crippen molar-refractivity contribution in [1.29, 1.82) is 0 Å². The van der Waals surface area contributed by atoms with Gasteiger partial charge in [0.25, 0.3) is 0 Å². The predicted octanol–water partition coefficient (Wildman–Crippen LogP) is 1.61. The molecule has 0 saturated heterocycles. The van der Waals surface area contributed by atoms with Gasteiger partial charge in [0, 0.05) is 5.71 Å². The zero-order valence-corrected chi connectivity index (χ0v) is 6.68. The zero-order valence-electron chi connectivity index (χ0n) is 6.68. The van der Waals surface area contributed by atoms with Crippen molar-refractivity contribution in [2.24, 2.45) is 22.8 Å². The Morgan fingerprint density at radius 2 is 1.44 bits per heavy atom. The highest BCUT2D eigenvalue weighted by Crippen LogP contribution is 2.05. The average Bonchev–Trinajstić information content (AvgIpc) is 1.64. The molecule has 9 heavy (non-hydrogen) atoms. The van der Waals surface area contributed by atoms with E-state index in [1.807, 2.05) is 0 Å². The Hall–Kier alpha value is -0.530. The lowest BCUT2D eigenvalue weighted by molar-refractivity contribution is 0.757. The van der Waals surface area contributed by atoms with Gasteiger partial charge in [-0.1, -0.05) is 27.7 Å². The van der Waals surface area contributed by atoms with E-state index in [2.05, 4.69) is 32.8 Å². The molecule has 0 aliphatic carbocycles. The van der Waals surface area contributed by atoms with Gasteiger partial charge in [-0.25, -0.2) is 0 Å². The van der Waals surface area contributed by atoms with Crippen molar-refractivity contribution in [3.8, 4) is 0 Å². The molecule has 0 bridgehead atoms. The van der Waals surface area contributed by atoms with Crippen molar-refractivity contribution in [2.45, 2.75) is 27.7 Å². The van der Waals surface area contributed by atoms with Crippen LogP contribution in [0.5, 0.6) is 0 Å². The summed E-state index contributed by atoms with van der Waals surface area (Å²) in [5, 5.41) is 3.70. The molecule has 0 rings (SSSR count). The van der Waals surface area contributed by atoms with Crippen LogP contribution in [-0.2, 0) is 0 Å². The van der Waals surface area contributed by atoms with Crippen LogP contribution in [0.25, 0.3) is 0 Å². The second kappa shape index (κ2) is 3.49. The molecule has 2 N–H and O–H groups in total. The summed E-state index contributed by atoms with van der Waals surface area (Å²) in [6, 6.07) is 0. The molecule has 0 radical (unpaired) electrons. The maximum Gasteiger partial charge on any atom is 0.0426 e. The summed E-state index contributed by atoms with van der Waals surface area (Å²) in [7, 11) is 0. The van der Waals surface area contributed by atoms with Gasteiger partial charge < -0.3 is 5.84 Å². The number of hydrazone groups is 1. The Morgan fingerprint density at radius 3 is 1.44 bits per heavy atom. The molecular formula is C7H16N2. The number of hydrogen-bond donors (Lipinski definition) is 1. The van der Waals surface area contributed by atoms with Crippen molar-refractivity contribution in [3.05, 3.63) is 0 Å². The molecule has 0 spiro atoms. The van der Waals surface area contributed by atoms with Gasteiger partial charge >= 0.3 is 0 Å². The van der Waals surface area contributed by atoms with Crippen LogP contribution in [0.2, 0.25) is 0 Å². The Morgan fingerprint density at radius 1 is 1.11 bits per heavy atom. The van der Waals surface area contributed by atoms with E-state index >= 15 is 0 Å². The minimum Gasteiger partial charge on any atom is -0.323 e. The molecule has 54 valence electrons. The average molecular weight is 128 g/mol. The Bertz CT molecular complexity index is 93.5. The van der Waals surface area contributed by atoms with Gasteiger partial charge in [0.2, 0.25) is 0 Å². The Labute approximate surface area is 57.1 Å². The normalized spacial score (nSPS) is 10.4. The van der Waals surface area contributed by atoms with E-state index in [4.69, 9.17) is 5.84 Å². The van der Waals surface area contributed by atoms with Crippen LogP contribution in [0.1, 0.15) is 27.7 Å². The first-order valence-electron chi connectivity index (χ1n) is 3.37. The maximum atomic E-state index is 5.16. The summed E-state index contributed by atoms with van der Waals surface area (Å²) in [6.45, 7) is 8.41. The lowest BCUT2D eigenvalue weighted by Crippen LogP contribution is -2.16. The molecule has 0 aromatic rings. The lowest BCUT2D eigenvalue weighted by Gasteiger charge is -2.11. The highest BCUT2D eigenvalue weighted by Gasteiger charge is 2.08. The predicted molar refractivity (Wildman–Crippen MR) is 41.3 cm³/mol. The first-order chi connectivity index (χ1) is 4.09. The summed E-state index contributed by atoms with van der Waals surface area (Å²) in [5.41, 5.74) is 1.09. The fraction of sp³-hybridized carbons (Fsp3) is 0.857. The van der Waals surface area contributed by atoms with Crippen LogP contribution in [-0.4, -0.2) is 5.71 Å². The quantitative estimate of drug-likeness (QED) is 0.342. The van der Waals surface area contributed by atoms with Gasteiger partial charge in [0.1, 0.15) is 0 Å².